The first-order chi connectivity index (χ1) is 16.3. The fourth-order valence-electron chi connectivity index (χ4n) is 7.22. The summed E-state index contributed by atoms with van der Waals surface area (Å²) in [6, 6.07) is 4.15. The number of ether oxygens (including phenoxy) is 2. The summed E-state index contributed by atoms with van der Waals surface area (Å²) < 4.78 is 10.2. The number of benzene rings is 1. The van der Waals surface area contributed by atoms with Crippen LogP contribution in [0.3, 0.4) is 0 Å². The van der Waals surface area contributed by atoms with Crippen molar-refractivity contribution < 1.29 is 29.0 Å². The van der Waals surface area contributed by atoms with Crippen LogP contribution in [-0.2, 0) is 25.7 Å². The van der Waals surface area contributed by atoms with Gasteiger partial charge in [-0.2, -0.15) is 0 Å². The van der Waals surface area contributed by atoms with Gasteiger partial charge in [-0.1, -0.05) is 6.07 Å². The van der Waals surface area contributed by atoms with Gasteiger partial charge in [0.1, 0.15) is 13.2 Å². The predicted octanol–water partition coefficient (Wildman–Crippen LogP) is 2.37. The van der Waals surface area contributed by atoms with E-state index in [9.17, 15) is 19.5 Å². The molecular weight excluding hydrogens is 436 g/mol. The maximum absolute atomic E-state index is 13.6. The van der Waals surface area contributed by atoms with Gasteiger partial charge in [0.05, 0.1) is 22.8 Å². The van der Waals surface area contributed by atoms with Gasteiger partial charge in [0.15, 0.2) is 0 Å². The Bertz CT molecular complexity index is 1110. The van der Waals surface area contributed by atoms with Crippen molar-refractivity contribution >= 4 is 17.8 Å². The Morgan fingerprint density at radius 2 is 1.82 bits per heavy atom. The Balaban J connectivity index is 1.19. The second-order valence-electron chi connectivity index (χ2n) is 10.6. The van der Waals surface area contributed by atoms with E-state index in [1.165, 1.54) is 6.08 Å². The van der Waals surface area contributed by atoms with E-state index < -0.39 is 11.5 Å². The lowest BCUT2D eigenvalue weighted by atomic mass is 9.72. The Morgan fingerprint density at radius 1 is 1.09 bits per heavy atom. The van der Waals surface area contributed by atoms with E-state index in [2.05, 4.69) is 11.8 Å². The first-order valence-corrected chi connectivity index (χ1v) is 12.2. The summed E-state index contributed by atoms with van der Waals surface area (Å²) in [5.41, 5.74) is 3.51. The number of aliphatic hydroxyl groups excluding tert-OH is 1. The predicted molar refractivity (Wildman–Crippen MR) is 120 cm³/mol. The summed E-state index contributed by atoms with van der Waals surface area (Å²) >= 11 is 0. The summed E-state index contributed by atoms with van der Waals surface area (Å²) in [7, 11) is 0. The molecule has 34 heavy (non-hydrogen) atoms. The molecule has 1 spiro atoms. The molecule has 0 saturated carbocycles. The maximum Gasteiger partial charge on any atom is 0.338 e. The highest BCUT2D eigenvalue weighted by Crippen LogP contribution is 2.53. The molecule has 0 aliphatic carbocycles. The summed E-state index contributed by atoms with van der Waals surface area (Å²) in [6.07, 6.45) is 5.18. The number of nitrogens with zero attached hydrogens (tertiary/aromatic N) is 2. The fraction of sp³-hybridized carbons (Fsp3) is 0.577. The largest absolute Gasteiger partial charge is 0.457 e. The zero-order valence-electron chi connectivity index (χ0n) is 19.6. The molecule has 3 fully saturated rings. The zero-order chi connectivity index (χ0) is 23.8. The van der Waals surface area contributed by atoms with Crippen molar-refractivity contribution in [3.05, 3.63) is 46.2 Å². The van der Waals surface area contributed by atoms with Crippen LogP contribution in [0.5, 0.6) is 0 Å². The lowest BCUT2D eigenvalue weighted by Gasteiger charge is -2.44. The number of hydrogen-bond acceptors (Lipinski definition) is 7. The number of amides is 1. The van der Waals surface area contributed by atoms with Crippen molar-refractivity contribution in [2.24, 2.45) is 5.41 Å². The van der Waals surface area contributed by atoms with E-state index in [0.717, 1.165) is 48.8 Å². The van der Waals surface area contributed by atoms with Gasteiger partial charge in [-0.15, -0.1) is 0 Å². The molecule has 1 aromatic rings. The smallest absolute Gasteiger partial charge is 0.338 e. The number of cyclic esters (lactones) is 2. The number of likely N-dealkylation sites (tertiary alicyclic amines) is 1. The maximum atomic E-state index is 13.6. The molecule has 8 nitrogen and oxygen atoms in total. The van der Waals surface area contributed by atoms with Crippen molar-refractivity contribution in [2.75, 3.05) is 13.2 Å². The highest BCUT2D eigenvalue weighted by molar-refractivity contribution is 5.94. The standard InChI is InChI=1S/C26H30N2O6/c1-14-8-26(25(32)28(14)18-7-23(30)33-12-18)9-16-3-4-17(10-26)27(16)11-22(29)19-5-6-20-21(15(19)2)13-34-24(20)31/h5-7,14,16-17,22,29H,3-4,8-13H2,1-2H3/t14?,16-,17+,22-,26-/m0/s1. The molecule has 2 bridgehead atoms. The number of hydrogen-bond donors (Lipinski definition) is 1. The van der Waals surface area contributed by atoms with Gasteiger partial charge in [-0.05, 0) is 63.1 Å². The third kappa shape index (κ3) is 3.15. The van der Waals surface area contributed by atoms with Gasteiger partial charge < -0.3 is 19.5 Å². The van der Waals surface area contributed by atoms with Gasteiger partial charge in [0.2, 0.25) is 5.91 Å². The van der Waals surface area contributed by atoms with E-state index in [0.29, 0.717) is 17.8 Å². The molecule has 5 aliphatic rings. The quantitative estimate of drug-likeness (QED) is 0.681. The average Bonchev–Trinajstić information content (AvgIpc) is 3.50. The Kier molecular flexibility index (Phi) is 4.90. The first-order valence-electron chi connectivity index (χ1n) is 12.2. The van der Waals surface area contributed by atoms with Gasteiger partial charge in [-0.3, -0.25) is 9.69 Å². The molecule has 0 aromatic heterocycles. The van der Waals surface area contributed by atoms with Crippen LogP contribution in [0.4, 0.5) is 0 Å². The summed E-state index contributed by atoms with van der Waals surface area (Å²) in [5.74, 6) is -0.550. The molecule has 5 aliphatic heterocycles. The molecule has 180 valence electrons. The summed E-state index contributed by atoms with van der Waals surface area (Å²) in [6.45, 7) is 4.95. The molecule has 5 atom stereocenters. The number of rotatable bonds is 4. The van der Waals surface area contributed by atoms with Crippen LogP contribution in [0.15, 0.2) is 23.9 Å². The van der Waals surface area contributed by atoms with Crippen LogP contribution in [0.2, 0.25) is 0 Å². The van der Waals surface area contributed by atoms with Crippen molar-refractivity contribution in [1.29, 1.82) is 0 Å². The number of carbonyl (C=O) groups is 3. The minimum Gasteiger partial charge on any atom is -0.457 e. The van der Waals surface area contributed by atoms with Crippen LogP contribution in [0, 0.1) is 12.3 Å². The third-order valence-electron chi connectivity index (χ3n) is 8.73. The molecule has 8 heteroatoms. The minimum atomic E-state index is -0.667. The van der Waals surface area contributed by atoms with Crippen molar-refractivity contribution in [3.63, 3.8) is 0 Å². The highest BCUT2D eigenvalue weighted by atomic mass is 16.5. The molecule has 5 heterocycles. The number of aliphatic hydroxyl groups is 1. The highest BCUT2D eigenvalue weighted by Gasteiger charge is 2.58. The molecule has 0 radical (unpaired) electrons. The average molecular weight is 467 g/mol. The third-order valence-corrected chi connectivity index (χ3v) is 8.73. The van der Waals surface area contributed by atoms with Gasteiger partial charge in [-0.25, -0.2) is 9.59 Å². The van der Waals surface area contributed by atoms with Crippen molar-refractivity contribution in [1.82, 2.24) is 9.80 Å². The first kappa shape index (κ1) is 21.8. The molecular formula is C26H30N2O6. The van der Waals surface area contributed by atoms with Crippen molar-refractivity contribution in [3.8, 4) is 0 Å². The van der Waals surface area contributed by atoms with Crippen LogP contribution in [0.25, 0.3) is 0 Å². The lowest BCUT2D eigenvalue weighted by molar-refractivity contribution is -0.140. The molecule has 1 amide bonds. The Morgan fingerprint density at radius 3 is 2.50 bits per heavy atom. The van der Waals surface area contributed by atoms with Gasteiger partial charge in [0.25, 0.3) is 0 Å². The van der Waals surface area contributed by atoms with Crippen LogP contribution in [-0.4, -0.2) is 64.0 Å². The SMILES string of the molecule is Cc1c([C@@H](O)CN2[C@@H]3CC[C@H]2C[C@@]2(CC(C)N(C4=CC(=O)OC4)C2=O)C3)ccc2c1COC2=O. The lowest BCUT2D eigenvalue weighted by Crippen LogP contribution is -2.51. The normalized spacial score (nSPS) is 33.4. The number of carbonyl (C=O) groups excluding carboxylic acids is 3. The van der Waals surface area contributed by atoms with Gasteiger partial charge in [0, 0.05) is 36.3 Å². The topological polar surface area (TPSA) is 96.4 Å². The summed E-state index contributed by atoms with van der Waals surface area (Å²) in [5, 5.41) is 11.2. The van der Waals surface area contributed by atoms with Crippen LogP contribution < -0.4 is 0 Å². The molecule has 3 saturated heterocycles. The van der Waals surface area contributed by atoms with Crippen LogP contribution in [0.1, 0.15) is 72.2 Å². The Labute approximate surface area is 198 Å². The number of esters is 2. The summed E-state index contributed by atoms with van der Waals surface area (Å²) in [4.78, 5) is 41.3. The zero-order valence-corrected chi connectivity index (χ0v) is 19.6. The monoisotopic (exact) mass is 466 g/mol. The second kappa shape index (κ2) is 7.65. The fourth-order valence-corrected chi connectivity index (χ4v) is 7.22. The number of piperidine rings is 1. The van der Waals surface area contributed by atoms with E-state index in [1.807, 2.05) is 13.0 Å². The van der Waals surface area contributed by atoms with E-state index >= 15 is 0 Å². The molecule has 1 aromatic carbocycles. The Hall–Kier alpha value is -2.71. The van der Waals surface area contributed by atoms with Gasteiger partial charge >= 0.3 is 11.9 Å². The minimum absolute atomic E-state index is 0.0452. The van der Waals surface area contributed by atoms with Crippen LogP contribution >= 0.6 is 0 Å². The number of fused-ring (bicyclic) bond motifs is 3. The van der Waals surface area contributed by atoms with E-state index in [4.69, 9.17) is 9.47 Å². The second-order valence-corrected chi connectivity index (χ2v) is 10.6. The molecule has 1 N–H and O–H groups in total. The van der Waals surface area contributed by atoms with E-state index in [-0.39, 0.29) is 49.2 Å². The molecule has 6 rings (SSSR count). The molecule has 1 unspecified atom stereocenters. The van der Waals surface area contributed by atoms with E-state index in [1.54, 1.807) is 11.0 Å². The van der Waals surface area contributed by atoms with Crippen molar-refractivity contribution in [2.45, 2.75) is 76.8 Å².